The fraction of sp³-hybridized carbons (Fsp3) is 0.545. The van der Waals surface area contributed by atoms with Crippen molar-refractivity contribution in [1.29, 1.82) is 0 Å². The molecule has 2 atom stereocenters. The van der Waals surface area contributed by atoms with Gasteiger partial charge in [0.15, 0.2) is 0 Å². The van der Waals surface area contributed by atoms with Crippen LogP contribution < -0.4 is 10.6 Å². The highest BCUT2D eigenvalue weighted by molar-refractivity contribution is 7.17. The molecular weight excluding hydrogens is 388 g/mol. The average molecular weight is 415 g/mol. The Morgan fingerprint density at radius 1 is 1.18 bits per heavy atom. The van der Waals surface area contributed by atoms with Gasteiger partial charge in [-0.3, -0.25) is 9.59 Å². The summed E-state index contributed by atoms with van der Waals surface area (Å²) in [5.41, 5.74) is 1.37. The van der Waals surface area contributed by atoms with E-state index in [2.05, 4.69) is 10.6 Å². The van der Waals surface area contributed by atoms with Crippen LogP contribution in [0, 0.1) is 23.2 Å². The van der Waals surface area contributed by atoms with E-state index in [4.69, 9.17) is 0 Å². The van der Waals surface area contributed by atoms with Gasteiger partial charge in [0.25, 0.3) is 5.91 Å². The van der Waals surface area contributed by atoms with Gasteiger partial charge in [0.1, 0.15) is 5.00 Å². The smallest absolute Gasteiger partial charge is 0.254 e. The maximum Gasteiger partial charge on any atom is 0.254 e. The molecule has 0 aromatic carbocycles. The first-order chi connectivity index (χ1) is 13.6. The van der Waals surface area contributed by atoms with Gasteiger partial charge in [-0.05, 0) is 67.7 Å². The molecule has 0 radical (unpaired) electrons. The molecule has 4 saturated carbocycles. The van der Waals surface area contributed by atoms with Gasteiger partial charge in [0.05, 0.1) is 11.0 Å². The fourth-order valence-corrected chi connectivity index (χ4v) is 7.79. The van der Waals surface area contributed by atoms with E-state index in [1.54, 1.807) is 11.3 Å². The second-order valence-corrected chi connectivity index (χ2v) is 10.6. The summed E-state index contributed by atoms with van der Waals surface area (Å²) in [5, 5.41) is 11.0. The summed E-state index contributed by atoms with van der Waals surface area (Å²) in [6, 6.07) is 4.03. The van der Waals surface area contributed by atoms with E-state index >= 15 is 0 Å². The third-order valence-electron chi connectivity index (χ3n) is 7.01. The fourth-order valence-electron chi connectivity index (χ4n) is 6.01. The molecule has 4 bridgehead atoms. The van der Waals surface area contributed by atoms with Crippen molar-refractivity contribution in [1.82, 2.24) is 5.32 Å². The minimum Gasteiger partial charge on any atom is -0.352 e. The average Bonchev–Trinajstić information content (AvgIpc) is 3.42. The maximum absolute atomic E-state index is 13.4. The molecular formula is C22H26N2O2S2. The van der Waals surface area contributed by atoms with E-state index in [0.717, 1.165) is 41.5 Å². The number of nitrogens with one attached hydrogen (secondary N) is 2. The number of amides is 2. The molecule has 0 aliphatic heterocycles. The van der Waals surface area contributed by atoms with Crippen molar-refractivity contribution in [2.45, 2.75) is 45.4 Å². The van der Waals surface area contributed by atoms with Crippen LogP contribution in [0.3, 0.4) is 0 Å². The van der Waals surface area contributed by atoms with E-state index in [9.17, 15) is 9.59 Å². The number of carbonyl (C=O) groups is 2. The first kappa shape index (κ1) is 18.4. The van der Waals surface area contributed by atoms with E-state index in [1.807, 2.05) is 29.8 Å². The van der Waals surface area contributed by atoms with Crippen LogP contribution in [-0.2, 0) is 4.79 Å². The normalized spacial score (nSPS) is 30.0. The molecule has 148 valence electrons. The quantitative estimate of drug-likeness (QED) is 0.666. The van der Waals surface area contributed by atoms with Crippen LogP contribution in [-0.4, -0.2) is 18.4 Å². The van der Waals surface area contributed by atoms with Crippen LogP contribution in [0.2, 0.25) is 0 Å². The molecule has 4 aliphatic rings. The largest absolute Gasteiger partial charge is 0.352 e. The van der Waals surface area contributed by atoms with Crippen LogP contribution >= 0.6 is 22.7 Å². The van der Waals surface area contributed by atoms with Crippen LogP contribution in [0.25, 0.3) is 10.4 Å². The van der Waals surface area contributed by atoms with Crippen LogP contribution in [0.1, 0.15) is 55.8 Å². The molecule has 28 heavy (non-hydrogen) atoms. The lowest BCUT2D eigenvalue weighted by atomic mass is 9.75. The maximum atomic E-state index is 13.4. The van der Waals surface area contributed by atoms with Crippen molar-refractivity contribution in [3.05, 3.63) is 28.5 Å². The Morgan fingerprint density at radius 3 is 2.64 bits per heavy atom. The molecule has 6 heteroatoms. The Labute approximate surface area is 173 Å². The van der Waals surface area contributed by atoms with E-state index in [0.29, 0.717) is 23.0 Å². The number of anilines is 1. The monoisotopic (exact) mass is 414 g/mol. The van der Waals surface area contributed by atoms with Gasteiger partial charge in [0, 0.05) is 22.4 Å². The van der Waals surface area contributed by atoms with E-state index in [1.165, 1.54) is 30.6 Å². The zero-order valence-corrected chi connectivity index (χ0v) is 17.8. The molecule has 2 aromatic heterocycles. The molecule has 4 nitrogen and oxygen atoms in total. The first-order valence-electron chi connectivity index (χ1n) is 10.4. The van der Waals surface area contributed by atoms with E-state index < -0.39 is 0 Å². The van der Waals surface area contributed by atoms with Crippen molar-refractivity contribution >= 4 is 39.5 Å². The van der Waals surface area contributed by atoms with Gasteiger partial charge < -0.3 is 10.6 Å². The van der Waals surface area contributed by atoms with Gasteiger partial charge in [-0.25, -0.2) is 0 Å². The van der Waals surface area contributed by atoms with Crippen LogP contribution in [0.4, 0.5) is 5.00 Å². The van der Waals surface area contributed by atoms with Gasteiger partial charge >= 0.3 is 0 Å². The molecule has 4 fully saturated rings. The minimum atomic E-state index is -0.183. The lowest BCUT2D eigenvalue weighted by Crippen LogP contribution is -2.37. The molecule has 2 amide bonds. The molecule has 0 spiro atoms. The highest BCUT2D eigenvalue weighted by Crippen LogP contribution is 2.65. The Balaban J connectivity index is 1.45. The highest BCUT2D eigenvalue weighted by Gasteiger charge is 2.61. The minimum absolute atomic E-state index is 0.0865. The first-order valence-corrected chi connectivity index (χ1v) is 12.1. The number of hydrogen-bond acceptors (Lipinski definition) is 4. The standard InChI is InChI=1S/C22H26N2O2S2/c1-2-5-23-19(25)18-16(17-4-3-6-27-17)12-28-20(18)24-21(26)22-10-13-7-14(11-22)9-15(22)8-13/h3-4,6,12-15H,2,5,7-11H2,1H3,(H,23,25)(H,24,26). The summed E-state index contributed by atoms with van der Waals surface area (Å²) in [7, 11) is 0. The number of thiophene rings is 2. The third kappa shape index (κ3) is 2.84. The molecule has 2 heterocycles. The predicted octanol–water partition coefficient (Wildman–Crippen LogP) is 5.38. The predicted molar refractivity (Wildman–Crippen MR) is 115 cm³/mol. The van der Waals surface area contributed by atoms with Crippen molar-refractivity contribution < 1.29 is 9.59 Å². The highest BCUT2D eigenvalue weighted by atomic mass is 32.1. The Morgan fingerprint density at radius 2 is 1.96 bits per heavy atom. The topological polar surface area (TPSA) is 58.2 Å². The lowest BCUT2D eigenvalue weighted by Gasteiger charge is -2.31. The molecule has 2 aromatic rings. The summed E-state index contributed by atoms with van der Waals surface area (Å²) in [4.78, 5) is 27.4. The van der Waals surface area contributed by atoms with Gasteiger partial charge in [-0.2, -0.15) is 0 Å². The molecule has 2 N–H and O–H groups in total. The number of rotatable bonds is 6. The Kier molecular flexibility index (Phi) is 4.59. The second-order valence-electron chi connectivity index (χ2n) is 8.74. The molecule has 0 saturated heterocycles. The van der Waals surface area contributed by atoms with Crippen molar-refractivity contribution in [3.63, 3.8) is 0 Å². The molecule has 4 aliphatic carbocycles. The summed E-state index contributed by atoms with van der Waals surface area (Å²) in [6.45, 7) is 2.68. The summed E-state index contributed by atoms with van der Waals surface area (Å²) < 4.78 is 0. The van der Waals surface area contributed by atoms with Gasteiger partial charge in [-0.1, -0.05) is 13.0 Å². The second kappa shape index (κ2) is 6.99. The van der Waals surface area contributed by atoms with E-state index in [-0.39, 0.29) is 17.2 Å². The molecule has 2 unspecified atom stereocenters. The van der Waals surface area contributed by atoms with Gasteiger partial charge in [0.2, 0.25) is 5.91 Å². The SMILES string of the molecule is CCCNC(=O)c1c(-c2cccs2)csc1NC(=O)C12CC3CC(CC1C3)C2. The zero-order valence-electron chi connectivity index (χ0n) is 16.1. The summed E-state index contributed by atoms with van der Waals surface area (Å²) >= 11 is 3.10. The summed E-state index contributed by atoms with van der Waals surface area (Å²) in [5.74, 6) is 2.09. The van der Waals surface area contributed by atoms with Crippen LogP contribution in [0.15, 0.2) is 22.9 Å². The molecule has 6 rings (SSSR count). The Hall–Kier alpha value is -1.66. The zero-order chi connectivity index (χ0) is 19.3. The lowest BCUT2D eigenvalue weighted by molar-refractivity contribution is -0.127. The van der Waals surface area contributed by atoms with Crippen molar-refractivity contribution in [2.24, 2.45) is 23.2 Å². The van der Waals surface area contributed by atoms with Gasteiger partial charge in [-0.15, -0.1) is 22.7 Å². The third-order valence-corrected chi connectivity index (χ3v) is 8.81. The number of carbonyl (C=O) groups excluding carboxylic acids is 2. The Bertz CT molecular complexity index is 888. The van der Waals surface area contributed by atoms with Crippen molar-refractivity contribution in [2.75, 3.05) is 11.9 Å². The summed E-state index contributed by atoms with van der Waals surface area (Å²) in [6.07, 6.45) is 6.73. The van der Waals surface area contributed by atoms with Crippen molar-refractivity contribution in [3.8, 4) is 10.4 Å². The number of hydrogen-bond donors (Lipinski definition) is 2. The van der Waals surface area contributed by atoms with Crippen LogP contribution in [0.5, 0.6) is 0 Å².